The monoisotopic (exact) mass is 486 g/mol. The molecule has 0 saturated carbocycles. The van der Waals surface area contributed by atoms with Crippen molar-refractivity contribution in [2.75, 3.05) is 33.3 Å². The van der Waals surface area contributed by atoms with Crippen LogP contribution < -0.4 is 9.47 Å². The number of carboxylic acids is 2. The van der Waals surface area contributed by atoms with Crippen LogP contribution in [-0.2, 0) is 27.5 Å². The summed E-state index contributed by atoms with van der Waals surface area (Å²) in [7, 11) is 1.66. The zero-order valence-corrected chi connectivity index (χ0v) is 20.5. The molecule has 9 nitrogen and oxygen atoms in total. The lowest BCUT2D eigenvalue weighted by atomic mass is 10.1. The second-order valence-electron chi connectivity index (χ2n) is 8.62. The molecule has 1 aliphatic heterocycles. The Morgan fingerprint density at radius 2 is 1.51 bits per heavy atom. The quantitative estimate of drug-likeness (QED) is 0.547. The number of amides is 1. The molecule has 0 spiro atoms. The molecule has 2 aromatic carbocycles. The Morgan fingerprint density at radius 3 is 2.06 bits per heavy atom. The van der Waals surface area contributed by atoms with Gasteiger partial charge in [-0.1, -0.05) is 50.2 Å². The van der Waals surface area contributed by atoms with Crippen molar-refractivity contribution in [1.82, 2.24) is 9.80 Å². The number of rotatable bonds is 8. The van der Waals surface area contributed by atoms with Crippen molar-refractivity contribution < 1.29 is 34.1 Å². The maximum atomic E-state index is 12.3. The lowest BCUT2D eigenvalue weighted by Gasteiger charge is -2.35. The fourth-order valence-corrected chi connectivity index (χ4v) is 3.56. The van der Waals surface area contributed by atoms with Gasteiger partial charge in [-0.25, -0.2) is 9.59 Å². The highest BCUT2D eigenvalue weighted by molar-refractivity contribution is 6.27. The summed E-state index contributed by atoms with van der Waals surface area (Å²) in [4.78, 5) is 34.8. The van der Waals surface area contributed by atoms with E-state index in [9.17, 15) is 4.79 Å². The summed E-state index contributed by atoms with van der Waals surface area (Å²) in [6.45, 7) is 8.95. The van der Waals surface area contributed by atoms with Crippen LogP contribution in [0, 0.1) is 5.92 Å². The minimum absolute atomic E-state index is 0.278. The van der Waals surface area contributed by atoms with E-state index in [1.165, 1.54) is 5.56 Å². The van der Waals surface area contributed by atoms with E-state index in [0.29, 0.717) is 18.9 Å². The maximum Gasteiger partial charge on any atom is 0.414 e. The first-order valence-corrected chi connectivity index (χ1v) is 11.5. The van der Waals surface area contributed by atoms with Gasteiger partial charge in [-0.15, -0.1) is 0 Å². The van der Waals surface area contributed by atoms with Crippen molar-refractivity contribution in [3.63, 3.8) is 0 Å². The van der Waals surface area contributed by atoms with E-state index in [-0.39, 0.29) is 5.91 Å². The van der Waals surface area contributed by atoms with E-state index in [1.807, 2.05) is 29.2 Å². The molecule has 2 N–H and O–H groups in total. The number of hydrogen-bond donors (Lipinski definition) is 2. The Kier molecular flexibility index (Phi) is 11.0. The third kappa shape index (κ3) is 9.66. The highest BCUT2D eigenvalue weighted by atomic mass is 16.5. The number of benzene rings is 2. The molecular weight excluding hydrogens is 452 g/mol. The Balaban J connectivity index is 0.000000641. The first-order chi connectivity index (χ1) is 16.7. The zero-order chi connectivity index (χ0) is 25.8. The standard InChI is InChI=1S/C24H32N2O3.C2H2O4/c1-19(2)15-24(27)26-13-11-25(12-14-26)17-21-9-10-22(28-3)23(16-21)29-18-20-7-5-4-6-8-20;3-1(4)2(5)6/h4-10,16,19H,11-15,17-18H2,1-3H3;(H,3,4)(H,5,6). The van der Waals surface area contributed by atoms with E-state index in [2.05, 4.69) is 43.0 Å². The molecule has 0 aromatic heterocycles. The predicted octanol–water partition coefficient (Wildman–Crippen LogP) is 3.12. The lowest BCUT2D eigenvalue weighted by Crippen LogP contribution is -2.48. The van der Waals surface area contributed by atoms with Crippen LogP contribution in [0.1, 0.15) is 31.4 Å². The van der Waals surface area contributed by atoms with Crippen LogP contribution >= 0.6 is 0 Å². The molecule has 0 radical (unpaired) electrons. The molecule has 2 aromatic rings. The molecule has 1 fully saturated rings. The van der Waals surface area contributed by atoms with Crippen molar-refractivity contribution in [3.05, 3.63) is 59.7 Å². The molecule has 0 unspecified atom stereocenters. The van der Waals surface area contributed by atoms with E-state index < -0.39 is 11.9 Å². The zero-order valence-electron chi connectivity index (χ0n) is 20.5. The average Bonchev–Trinajstić information content (AvgIpc) is 2.84. The van der Waals surface area contributed by atoms with Crippen LogP contribution in [0.15, 0.2) is 48.5 Å². The molecular formula is C26H34N2O7. The molecule has 0 atom stereocenters. The Bertz CT molecular complexity index is 959. The Hall–Kier alpha value is -3.59. The van der Waals surface area contributed by atoms with Crippen molar-refractivity contribution in [2.24, 2.45) is 5.92 Å². The molecule has 1 heterocycles. The van der Waals surface area contributed by atoms with Crippen molar-refractivity contribution in [3.8, 4) is 11.5 Å². The summed E-state index contributed by atoms with van der Waals surface area (Å²) in [6.07, 6.45) is 0.639. The van der Waals surface area contributed by atoms with E-state index in [1.54, 1.807) is 7.11 Å². The first kappa shape index (κ1) is 27.7. The van der Waals surface area contributed by atoms with Crippen LogP contribution in [0.25, 0.3) is 0 Å². The van der Waals surface area contributed by atoms with E-state index in [4.69, 9.17) is 29.3 Å². The highest BCUT2D eigenvalue weighted by Gasteiger charge is 2.21. The summed E-state index contributed by atoms with van der Waals surface area (Å²) < 4.78 is 11.5. The van der Waals surface area contributed by atoms with E-state index in [0.717, 1.165) is 49.8 Å². The molecule has 0 aliphatic carbocycles. The van der Waals surface area contributed by atoms with E-state index >= 15 is 0 Å². The van der Waals surface area contributed by atoms with Crippen LogP contribution in [0.3, 0.4) is 0 Å². The molecule has 1 aliphatic rings. The molecule has 1 amide bonds. The van der Waals surface area contributed by atoms with Gasteiger partial charge in [0, 0.05) is 39.1 Å². The molecule has 3 rings (SSSR count). The number of hydrogen-bond acceptors (Lipinski definition) is 6. The fraction of sp³-hybridized carbons (Fsp3) is 0.423. The third-order valence-electron chi connectivity index (χ3n) is 5.36. The summed E-state index contributed by atoms with van der Waals surface area (Å²) in [5.41, 5.74) is 2.32. The van der Waals surface area contributed by atoms with Gasteiger partial charge in [0.2, 0.25) is 5.91 Å². The first-order valence-electron chi connectivity index (χ1n) is 11.5. The molecule has 1 saturated heterocycles. The van der Waals surface area contributed by atoms with Gasteiger partial charge in [-0.2, -0.15) is 0 Å². The van der Waals surface area contributed by atoms with Crippen LogP contribution in [0.2, 0.25) is 0 Å². The van der Waals surface area contributed by atoms with Gasteiger partial charge < -0.3 is 24.6 Å². The molecule has 35 heavy (non-hydrogen) atoms. The second kappa shape index (κ2) is 14.0. The number of methoxy groups -OCH3 is 1. The average molecular weight is 487 g/mol. The van der Waals surface area contributed by atoms with Crippen molar-refractivity contribution in [1.29, 1.82) is 0 Å². The topological polar surface area (TPSA) is 117 Å². The number of nitrogens with zero attached hydrogens (tertiary/aromatic N) is 2. The highest BCUT2D eigenvalue weighted by Crippen LogP contribution is 2.29. The second-order valence-corrected chi connectivity index (χ2v) is 8.62. The van der Waals surface area contributed by atoms with Crippen molar-refractivity contribution in [2.45, 2.75) is 33.4 Å². The van der Waals surface area contributed by atoms with Gasteiger partial charge in [0.1, 0.15) is 6.61 Å². The number of carbonyl (C=O) groups is 3. The van der Waals surface area contributed by atoms with Gasteiger partial charge in [0.15, 0.2) is 11.5 Å². The van der Waals surface area contributed by atoms with Gasteiger partial charge >= 0.3 is 11.9 Å². The largest absolute Gasteiger partial charge is 0.493 e. The van der Waals surface area contributed by atoms with Crippen molar-refractivity contribution >= 4 is 17.8 Å². The molecule has 0 bridgehead atoms. The SMILES string of the molecule is COc1ccc(CN2CCN(C(=O)CC(C)C)CC2)cc1OCc1ccccc1.O=C(O)C(=O)O. The summed E-state index contributed by atoms with van der Waals surface area (Å²) in [5, 5.41) is 14.8. The number of carboxylic acid groups (broad SMARTS) is 2. The number of ether oxygens (including phenoxy) is 2. The number of carbonyl (C=O) groups excluding carboxylic acids is 1. The Labute approximate surface area is 205 Å². The molecule has 190 valence electrons. The minimum atomic E-state index is -1.82. The van der Waals surface area contributed by atoms with Crippen LogP contribution in [0.5, 0.6) is 11.5 Å². The van der Waals surface area contributed by atoms with Gasteiger partial charge in [-0.3, -0.25) is 9.69 Å². The van der Waals surface area contributed by atoms with Gasteiger partial charge in [0.25, 0.3) is 0 Å². The maximum absolute atomic E-state index is 12.3. The molecule has 9 heteroatoms. The third-order valence-corrected chi connectivity index (χ3v) is 5.36. The smallest absolute Gasteiger partial charge is 0.414 e. The minimum Gasteiger partial charge on any atom is -0.493 e. The number of piperazine rings is 1. The Morgan fingerprint density at radius 1 is 0.886 bits per heavy atom. The summed E-state index contributed by atoms with van der Waals surface area (Å²) in [6, 6.07) is 16.3. The van der Waals surface area contributed by atoms with Crippen LogP contribution in [-0.4, -0.2) is 71.1 Å². The normalized spacial score (nSPS) is 13.5. The lowest BCUT2D eigenvalue weighted by molar-refractivity contribution is -0.159. The van der Waals surface area contributed by atoms with Crippen LogP contribution in [0.4, 0.5) is 0 Å². The summed E-state index contributed by atoms with van der Waals surface area (Å²) in [5.74, 6) is -1.45. The number of aliphatic carboxylic acids is 2. The van der Waals surface area contributed by atoms with Gasteiger partial charge in [-0.05, 0) is 29.2 Å². The summed E-state index contributed by atoms with van der Waals surface area (Å²) >= 11 is 0. The fourth-order valence-electron chi connectivity index (χ4n) is 3.56. The predicted molar refractivity (Wildman–Crippen MR) is 130 cm³/mol. The van der Waals surface area contributed by atoms with Gasteiger partial charge in [0.05, 0.1) is 7.11 Å².